The molecule has 0 aliphatic carbocycles. The summed E-state index contributed by atoms with van der Waals surface area (Å²) in [6.07, 6.45) is 0.850. The molecule has 168 valence electrons. The minimum atomic E-state index is -1.39. The van der Waals surface area contributed by atoms with Gasteiger partial charge in [-0.1, -0.05) is 47.4 Å². The molecule has 0 bridgehead atoms. The highest BCUT2D eigenvalue weighted by Crippen LogP contribution is 2.41. The molecule has 1 heterocycles. The summed E-state index contributed by atoms with van der Waals surface area (Å²) in [5, 5.41) is 9.96. The largest absolute Gasteiger partial charge is 0.475 e. The molecule has 3 rings (SSSR count). The zero-order chi connectivity index (χ0) is 23.6. The monoisotopic (exact) mass is 521 g/mol. The van der Waals surface area contributed by atoms with Crippen molar-refractivity contribution in [2.75, 3.05) is 12.0 Å². The number of halogens is 2. The molecule has 2 aromatic carbocycles. The highest BCUT2D eigenvalue weighted by Gasteiger charge is 2.40. The SMILES string of the molecule is CCC(CC)(Oc1ccc(Cl)cc1C=C1C(=O)N(C(=O)O)c2cc(Br)ccc21)C(=O)OC. The first-order valence-corrected chi connectivity index (χ1v) is 11.0. The highest BCUT2D eigenvalue weighted by atomic mass is 79.9. The van der Waals surface area contributed by atoms with E-state index in [-0.39, 0.29) is 11.3 Å². The Morgan fingerprint density at radius 3 is 2.47 bits per heavy atom. The van der Waals surface area contributed by atoms with Gasteiger partial charge in [-0.05, 0) is 49.2 Å². The van der Waals surface area contributed by atoms with Gasteiger partial charge in [-0.2, -0.15) is 0 Å². The Morgan fingerprint density at radius 2 is 1.88 bits per heavy atom. The maximum atomic E-state index is 13.0. The number of nitrogens with zero attached hydrogens (tertiary/aromatic N) is 1. The number of carboxylic acid groups (broad SMARTS) is 1. The number of hydrogen-bond donors (Lipinski definition) is 1. The number of imide groups is 1. The fourth-order valence-electron chi connectivity index (χ4n) is 3.59. The van der Waals surface area contributed by atoms with Crippen molar-refractivity contribution in [3.63, 3.8) is 0 Å². The van der Waals surface area contributed by atoms with Gasteiger partial charge < -0.3 is 14.6 Å². The number of benzene rings is 2. The van der Waals surface area contributed by atoms with Crippen molar-refractivity contribution in [3.05, 3.63) is 57.0 Å². The summed E-state index contributed by atoms with van der Waals surface area (Å²) in [4.78, 5) is 37.9. The Hall–Kier alpha value is -2.84. The molecule has 0 saturated heterocycles. The number of rotatable bonds is 6. The second-order valence-electron chi connectivity index (χ2n) is 7.12. The van der Waals surface area contributed by atoms with Gasteiger partial charge in [-0.25, -0.2) is 14.5 Å². The van der Waals surface area contributed by atoms with Gasteiger partial charge in [0.2, 0.25) is 5.60 Å². The van der Waals surface area contributed by atoms with Crippen LogP contribution in [0.2, 0.25) is 5.02 Å². The van der Waals surface area contributed by atoms with Crippen LogP contribution in [0.4, 0.5) is 10.5 Å². The van der Waals surface area contributed by atoms with E-state index in [4.69, 9.17) is 21.1 Å². The maximum Gasteiger partial charge on any atom is 0.419 e. The van der Waals surface area contributed by atoms with E-state index in [1.54, 1.807) is 36.4 Å². The summed E-state index contributed by atoms with van der Waals surface area (Å²) >= 11 is 9.50. The van der Waals surface area contributed by atoms with Crippen molar-refractivity contribution in [2.45, 2.75) is 32.3 Å². The molecule has 1 aliphatic heterocycles. The van der Waals surface area contributed by atoms with E-state index in [0.717, 1.165) is 0 Å². The van der Waals surface area contributed by atoms with Crippen molar-refractivity contribution in [2.24, 2.45) is 0 Å². The predicted molar refractivity (Wildman–Crippen MR) is 125 cm³/mol. The summed E-state index contributed by atoms with van der Waals surface area (Å²) in [5.41, 5.74) is 0.0805. The van der Waals surface area contributed by atoms with Gasteiger partial charge in [0.25, 0.3) is 5.91 Å². The number of fused-ring (bicyclic) bond motifs is 1. The Labute approximate surface area is 198 Å². The van der Waals surface area contributed by atoms with Gasteiger partial charge >= 0.3 is 12.1 Å². The molecule has 0 atom stereocenters. The molecule has 0 aromatic heterocycles. The molecule has 0 spiro atoms. The average molecular weight is 523 g/mol. The van der Waals surface area contributed by atoms with Crippen LogP contribution in [-0.4, -0.2) is 35.8 Å². The lowest BCUT2D eigenvalue weighted by molar-refractivity contribution is -0.159. The number of esters is 1. The van der Waals surface area contributed by atoms with Gasteiger partial charge in [-0.15, -0.1) is 0 Å². The van der Waals surface area contributed by atoms with E-state index in [0.29, 0.717) is 44.1 Å². The third-order valence-electron chi connectivity index (χ3n) is 5.39. The van der Waals surface area contributed by atoms with Crippen molar-refractivity contribution < 1.29 is 29.0 Å². The molecule has 1 N–H and O–H groups in total. The molecule has 9 heteroatoms. The van der Waals surface area contributed by atoms with Crippen LogP contribution in [0.1, 0.15) is 37.8 Å². The van der Waals surface area contributed by atoms with E-state index in [9.17, 15) is 19.5 Å². The van der Waals surface area contributed by atoms with Gasteiger partial charge in [0.05, 0.1) is 18.4 Å². The van der Waals surface area contributed by atoms with Crippen molar-refractivity contribution in [3.8, 4) is 5.75 Å². The summed E-state index contributed by atoms with van der Waals surface area (Å²) in [7, 11) is 1.29. The van der Waals surface area contributed by atoms with Crippen LogP contribution < -0.4 is 9.64 Å². The Morgan fingerprint density at radius 1 is 1.19 bits per heavy atom. The van der Waals surface area contributed by atoms with Gasteiger partial charge in [-0.3, -0.25) is 4.79 Å². The fraction of sp³-hybridized carbons (Fsp3) is 0.261. The molecule has 0 fully saturated rings. The molecule has 0 unspecified atom stereocenters. The first kappa shape index (κ1) is 23.8. The third-order valence-corrected chi connectivity index (χ3v) is 6.12. The topological polar surface area (TPSA) is 93.1 Å². The zero-order valence-corrected chi connectivity index (χ0v) is 20.0. The summed E-state index contributed by atoms with van der Waals surface area (Å²) in [6.45, 7) is 3.63. The molecular formula is C23H21BrClNO6. The minimum absolute atomic E-state index is 0.165. The zero-order valence-electron chi connectivity index (χ0n) is 17.6. The second-order valence-corrected chi connectivity index (χ2v) is 8.47. The number of amides is 2. The summed E-state index contributed by atoms with van der Waals surface area (Å²) in [6, 6.07) is 9.75. The Balaban J connectivity index is 2.16. The van der Waals surface area contributed by atoms with E-state index >= 15 is 0 Å². The van der Waals surface area contributed by atoms with Gasteiger partial charge in [0.1, 0.15) is 5.75 Å². The molecule has 1 aliphatic rings. The van der Waals surface area contributed by atoms with Gasteiger partial charge in [0.15, 0.2) is 0 Å². The number of methoxy groups -OCH3 is 1. The van der Waals surface area contributed by atoms with Gasteiger partial charge in [0, 0.05) is 20.6 Å². The lowest BCUT2D eigenvalue weighted by Gasteiger charge is -2.30. The Kier molecular flexibility index (Phi) is 6.95. The molecule has 2 amide bonds. The fourth-order valence-corrected chi connectivity index (χ4v) is 4.12. The van der Waals surface area contributed by atoms with Crippen molar-refractivity contribution >= 4 is 62.8 Å². The number of carbonyl (C=O) groups is 3. The van der Waals surface area contributed by atoms with Crippen LogP contribution >= 0.6 is 27.5 Å². The first-order valence-electron chi connectivity index (χ1n) is 9.83. The first-order chi connectivity index (χ1) is 15.2. The average Bonchev–Trinajstić information content (AvgIpc) is 3.03. The highest BCUT2D eigenvalue weighted by molar-refractivity contribution is 9.10. The van der Waals surface area contributed by atoms with Crippen LogP contribution in [0.3, 0.4) is 0 Å². The number of hydrogen-bond acceptors (Lipinski definition) is 5. The Bertz CT molecular complexity index is 1130. The van der Waals surface area contributed by atoms with E-state index in [1.165, 1.54) is 13.2 Å². The molecule has 0 saturated carbocycles. The molecular weight excluding hydrogens is 502 g/mol. The normalized spacial score (nSPS) is 14.5. The second kappa shape index (κ2) is 9.34. The lowest BCUT2D eigenvalue weighted by Crippen LogP contribution is -2.44. The number of ether oxygens (including phenoxy) is 2. The van der Waals surface area contributed by atoms with E-state index < -0.39 is 23.6 Å². The standard InChI is InChI=1S/C23H21BrClNO6/c1-4-23(5-2,21(28)31-3)32-19-9-7-15(25)10-13(19)11-17-16-8-6-14(24)12-18(16)26(20(17)27)22(29)30/h6-12H,4-5H2,1-3H3,(H,29,30). The third kappa shape index (κ3) is 4.25. The number of anilines is 1. The molecule has 32 heavy (non-hydrogen) atoms. The summed E-state index contributed by atoms with van der Waals surface area (Å²) < 4.78 is 11.7. The molecule has 2 aromatic rings. The lowest BCUT2D eigenvalue weighted by atomic mass is 9.96. The van der Waals surface area contributed by atoms with Crippen molar-refractivity contribution in [1.82, 2.24) is 0 Å². The van der Waals surface area contributed by atoms with Crippen LogP contribution in [0.25, 0.3) is 11.6 Å². The van der Waals surface area contributed by atoms with Crippen molar-refractivity contribution in [1.29, 1.82) is 0 Å². The summed E-state index contributed by atoms with van der Waals surface area (Å²) in [5.74, 6) is -0.891. The maximum absolute atomic E-state index is 13.0. The molecule has 0 radical (unpaired) electrons. The quantitative estimate of drug-likeness (QED) is 0.382. The van der Waals surface area contributed by atoms with Crippen LogP contribution in [0.5, 0.6) is 5.75 Å². The molecule has 7 nitrogen and oxygen atoms in total. The minimum Gasteiger partial charge on any atom is -0.475 e. The van der Waals surface area contributed by atoms with Crippen LogP contribution in [0, 0.1) is 0 Å². The van der Waals surface area contributed by atoms with E-state index in [1.807, 2.05) is 13.8 Å². The van der Waals surface area contributed by atoms with Crippen LogP contribution in [0.15, 0.2) is 40.9 Å². The number of carbonyl (C=O) groups excluding carboxylic acids is 2. The van der Waals surface area contributed by atoms with E-state index in [2.05, 4.69) is 15.9 Å². The predicted octanol–water partition coefficient (Wildman–Crippen LogP) is 5.78. The van der Waals surface area contributed by atoms with Crippen LogP contribution in [-0.2, 0) is 14.3 Å². The smallest absolute Gasteiger partial charge is 0.419 e.